The van der Waals surface area contributed by atoms with Crippen LogP contribution in [0.15, 0.2) is 0 Å². The molecule has 0 heterocycles. The average Bonchev–Trinajstić information content (AvgIpc) is 3.25. The monoisotopic (exact) mass is 297 g/mol. The molecule has 0 aromatic carbocycles. The molecule has 0 spiro atoms. The van der Waals surface area contributed by atoms with Crippen LogP contribution in [0.2, 0.25) is 0 Å². The lowest BCUT2D eigenvalue weighted by atomic mass is 9.94. The fraction of sp³-hybridized carbons (Fsp3) is 0.875. The van der Waals surface area contributed by atoms with Crippen LogP contribution >= 0.6 is 0 Å². The van der Waals surface area contributed by atoms with Crippen molar-refractivity contribution in [1.29, 1.82) is 0 Å². The Kier molecular flexibility index (Phi) is 6.03. The Labute approximate surface area is 127 Å². The van der Waals surface area contributed by atoms with E-state index in [0.717, 1.165) is 19.3 Å². The lowest BCUT2D eigenvalue weighted by molar-refractivity contribution is -0.146. The van der Waals surface area contributed by atoms with Gasteiger partial charge in [-0.1, -0.05) is 19.3 Å². The fourth-order valence-electron chi connectivity index (χ4n) is 3.29. The highest BCUT2D eigenvalue weighted by Gasteiger charge is 2.46. The second kappa shape index (κ2) is 7.78. The predicted octanol–water partition coefficient (Wildman–Crippen LogP) is 1.99. The molecule has 0 aromatic rings. The molecule has 5 nitrogen and oxygen atoms in total. The van der Waals surface area contributed by atoms with Crippen molar-refractivity contribution >= 4 is 11.9 Å². The quantitative estimate of drug-likeness (QED) is 0.674. The zero-order valence-corrected chi connectivity index (χ0v) is 13.2. The average molecular weight is 297 g/mol. The van der Waals surface area contributed by atoms with Gasteiger partial charge in [0, 0.05) is 19.7 Å². The van der Waals surface area contributed by atoms with Gasteiger partial charge in [0.15, 0.2) is 0 Å². The summed E-state index contributed by atoms with van der Waals surface area (Å²) >= 11 is 0. The second-order valence-electron chi connectivity index (χ2n) is 6.13. The Morgan fingerprint density at radius 2 is 1.90 bits per heavy atom. The van der Waals surface area contributed by atoms with Gasteiger partial charge in [-0.2, -0.15) is 0 Å². The smallest absolute Gasteiger partial charge is 0.309 e. The molecule has 2 saturated carbocycles. The summed E-state index contributed by atoms with van der Waals surface area (Å²) in [4.78, 5) is 26.0. The molecule has 21 heavy (non-hydrogen) atoms. The first-order valence-electron chi connectivity index (χ1n) is 8.12. The molecule has 0 aliphatic heterocycles. The minimum Gasteiger partial charge on any atom is -0.466 e. The Balaban J connectivity index is 1.90. The number of hydrogen-bond acceptors (Lipinski definition) is 4. The zero-order valence-electron chi connectivity index (χ0n) is 13.2. The Hall–Kier alpha value is -1.10. The molecular formula is C16H27NO4. The molecule has 0 radical (unpaired) electrons. The summed E-state index contributed by atoms with van der Waals surface area (Å²) in [5.41, 5.74) is 0. The molecule has 2 unspecified atom stereocenters. The summed E-state index contributed by atoms with van der Waals surface area (Å²) in [7, 11) is 1.55. The van der Waals surface area contributed by atoms with Crippen molar-refractivity contribution < 1.29 is 19.1 Å². The highest BCUT2D eigenvalue weighted by Crippen LogP contribution is 2.41. The van der Waals surface area contributed by atoms with Gasteiger partial charge in [0.05, 0.1) is 12.5 Å². The van der Waals surface area contributed by atoms with E-state index in [1.807, 2.05) is 11.8 Å². The van der Waals surface area contributed by atoms with Crippen molar-refractivity contribution in [2.45, 2.75) is 51.5 Å². The number of methoxy groups -OCH3 is 1. The highest BCUT2D eigenvalue weighted by molar-refractivity contribution is 5.79. The Bertz CT molecular complexity index is 365. The number of carbonyl (C=O) groups is 2. The molecule has 0 N–H and O–H groups in total. The van der Waals surface area contributed by atoms with Crippen molar-refractivity contribution in [2.24, 2.45) is 11.8 Å². The molecule has 0 aromatic heterocycles. The van der Waals surface area contributed by atoms with E-state index >= 15 is 0 Å². The molecule has 2 aliphatic rings. The number of nitrogens with zero attached hydrogens (tertiary/aromatic N) is 1. The van der Waals surface area contributed by atoms with Crippen LogP contribution in [-0.2, 0) is 19.1 Å². The predicted molar refractivity (Wildman–Crippen MR) is 78.7 cm³/mol. The lowest BCUT2D eigenvalue weighted by Crippen LogP contribution is -2.44. The van der Waals surface area contributed by atoms with E-state index in [1.54, 1.807) is 7.11 Å². The maximum absolute atomic E-state index is 12.3. The molecule has 5 heteroatoms. The van der Waals surface area contributed by atoms with Crippen molar-refractivity contribution in [2.75, 3.05) is 26.9 Å². The summed E-state index contributed by atoms with van der Waals surface area (Å²) in [6, 6.07) is 0.324. The van der Waals surface area contributed by atoms with Crippen molar-refractivity contribution in [3.8, 4) is 0 Å². The largest absolute Gasteiger partial charge is 0.466 e. The van der Waals surface area contributed by atoms with E-state index in [-0.39, 0.29) is 30.3 Å². The molecule has 0 bridgehead atoms. The second-order valence-corrected chi connectivity index (χ2v) is 6.13. The number of hydrogen-bond donors (Lipinski definition) is 0. The third-order valence-corrected chi connectivity index (χ3v) is 4.55. The highest BCUT2D eigenvalue weighted by atomic mass is 16.5. The first kappa shape index (κ1) is 16.3. The van der Waals surface area contributed by atoms with Gasteiger partial charge >= 0.3 is 5.97 Å². The minimum atomic E-state index is -0.106. The first-order chi connectivity index (χ1) is 10.2. The normalized spacial score (nSPS) is 25.4. The zero-order chi connectivity index (χ0) is 15.2. The van der Waals surface area contributed by atoms with E-state index in [0.29, 0.717) is 19.2 Å². The van der Waals surface area contributed by atoms with Gasteiger partial charge in [0.2, 0.25) is 5.91 Å². The van der Waals surface area contributed by atoms with Crippen LogP contribution in [-0.4, -0.2) is 49.7 Å². The van der Waals surface area contributed by atoms with Crippen molar-refractivity contribution in [3.63, 3.8) is 0 Å². The molecule has 2 aliphatic carbocycles. The topological polar surface area (TPSA) is 55.8 Å². The number of amides is 1. The Morgan fingerprint density at radius 3 is 2.52 bits per heavy atom. The molecule has 2 atom stereocenters. The van der Waals surface area contributed by atoms with Gasteiger partial charge in [0.25, 0.3) is 0 Å². The summed E-state index contributed by atoms with van der Waals surface area (Å²) in [5.74, 6) is 0.211. The van der Waals surface area contributed by atoms with Gasteiger partial charge in [-0.3, -0.25) is 9.59 Å². The number of rotatable bonds is 7. The molecule has 120 valence electrons. The molecule has 1 amide bonds. The SMILES string of the molecule is CCOC(=O)C1CC1CN(C(=O)COC)C1CCCCC1. The molecule has 2 rings (SSSR count). The fourth-order valence-corrected chi connectivity index (χ4v) is 3.29. The van der Waals surface area contributed by atoms with Crippen LogP contribution in [0, 0.1) is 11.8 Å². The summed E-state index contributed by atoms with van der Waals surface area (Å²) in [6.45, 7) is 3.06. The Morgan fingerprint density at radius 1 is 1.19 bits per heavy atom. The van der Waals surface area contributed by atoms with Crippen LogP contribution < -0.4 is 0 Å². The molecule has 0 saturated heterocycles. The van der Waals surface area contributed by atoms with Gasteiger partial charge in [-0.05, 0) is 32.1 Å². The summed E-state index contributed by atoms with van der Waals surface area (Å²) in [5, 5.41) is 0. The van der Waals surface area contributed by atoms with E-state index in [4.69, 9.17) is 9.47 Å². The van der Waals surface area contributed by atoms with E-state index in [1.165, 1.54) is 19.3 Å². The lowest BCUT2D eigenvalue weighted by Gasteiger charge is -2.34. The van der Waals surface area contributed by atoms with Gasteiger partial charge in [0.1, 0.15) is 6.61 Å². The van der Waals surface area contributed by atoms with Crippen LogP contribution in [0.3, 0.4) is 0 Å². The van der Waals surface area contributed by atoms with E-state index in [2.05, 4.69) is 0 Å². The standard InChI is InChI=1S/C16H27NO4/c1-3-21-16(19)14-9-12(14)10-17(15(18)11-20-2)13-7-5-4-6-8-13/h12-14H,3-11H2,1-2H3. The summed E-state index contributed by atoms with van der Waals surface area (Å²) < 4.78 is 10.1. The van der Waals surface area contributed by atoms with Gasteiger partial charge in [-0.25, -0.2) is 0 Å². The van der Waals surface area contributed by atoms with Gasteiger partial charge in [-0.15, -0.1) is 0 Å². The van der Waals surface area contributed by atoms with Crippen molar-refractivity contribution in [3.05, 3.63) is 0 Å². The van der Waals surface area contributed by atoms with Crippen molar-refractivity contribution in [1.82, 2.24) is 4.90 Å². The summed E-state index contributed by atoms with van der Waals surface area (Å²) in [6.07, 6.45) is 6.64. The van der Waals surface area contributed by atoms with E-state index < -0.39 is 0 Å². The van der Waals surface area contributed by atoms with Gasteiger partial charge < -0.3 is 14.4 Å². The van der Waals surface area contributed by atoms with Crippen LogP contribution in [0.4, 0.5) is 0 Å². The number of ether oxygens (including phenoxy) is 2. The maximum Gasteiger partial charge on any atom is 0.309 e. The number of esters is 1. The number of carbonyl (C=O) groups excluding carboxylic acids is 2. The maximum atomic E-state index is 12.3. The van der Waals surface area contributed by atoms with Crippen LogP contribution in [0.1, 0.15) is 45.4 Å². The molecular weight excluding hydrogens is 270 g/mol. The third-order valence-electron chi connectivity index (χ3n) is 4.55. The first-order valence-corrected chi connectivity index (χ1v) is 8.12. The third kappa shape index (κ3) is 4.43. The minimum absolute atomic E-state index is 0.00798. The molecule has 2 fully saturated rings. The van der Waals surface area contributed by atoms with Crippen LogP contribution in [0.25, 0.3) is 0 Å². The van der Waals surface area contributed by atoms with E-state index in [9.17, 15) is 9.59 Å². The van der Waals surface area contributed by atoms with Crippen LogP contribution in [0.5, 0.6) is 0 Å².